The Bertz CT molecular complexity index is 484. The molecular weight excluding hydrogens is 272 g/mol. The maximum absolute atomic E-state index is 10.3. The molecule has 1 fully saturated rings. The van der Waals surface area contributed by atoms with Crippen LogP contribution in [0, 0.1) is 17.3 Å². The van der Waals surface area contributed by atoms with Crippen LogP contribution in [-0.2, 0) is 0 Å². The molecule has 124 valence electrons. The molecule has 2 rings (SSSR count). The first-order chi connectivity index (χ1) is 10.2. The lowest BCUT2D eigenvalue weighted by atomic mass is 9.95. The van der Waals surface area contributed by atoms with Crippen molar-refractivity contribution in [2.45, 2.75) is 72.0 Å². The van der Waals surface area contributed by atoms with E-state index in [4.69, 9.17) is 0 Å². The Labute approximate surface area is 135 Å². The van der Waals surface area contributed by atoms with E-state index in [-0.39, 0.29) is 6.10 Å². The second kappa shape index (κ2) is 6.72. The summed E-state index contributed by atoms with van der Waals surface area (Å²) in [7, 11) is 0. The van der Waals surface area contributed by atoms with Crippen molar-refractivity contribution in [3.63, 3.8) is 0 Å². The number of hydrogen-bond donors (Lipinski definition) is 2. The van der Waals surface area contributed by atoms with E-state index in [1.165, 1.54) is 5.57 Å². The van der Waals surface area contributed by atoms with E-state index in [9.17, 15) is 10.2 Å². The molecule has 0 spiro atoms. The maximum Gasteiger partial charge on any atom is 0.0781 e. The normalized spacial score (nSPS) is 41.5. The van der Waals surface area contributed by atoms with Crippen LogP contribution in [-0.4, -0.2) is 22.4 Å². The van der Waals surface area contributed by atoms with Gasteiger partial charge in [-0.05, 0) is 74.3 Å². The van der Waals surface area contributed by atoms with Crippen molar-refractivity contribution >= 4 is 0 Å². The molecule has 0 saturated heterocycles. The van der Waals surface area contributed by atoms with Crippen LogP contribution < -0.4 is 0 Å². The first-order valence-electron chi connectivity index (χ1n) is 8.59. The lowest BCUT2D eigenvalue weighted by molar-refractivity contribution is 0.194. The van der Waals surface area contributed by atoms with Crippen LogP contribution in [0.4, 0.5) is 0 Å². The second-order valence-corrected chi connectivity index (χ2v) is 7.94. The zero-order valence-corrected chi connectivity index (χ0v) is 14.6. The predicted octanol–water partition coefficient (Wildman–Crippen LogP) is 4.39. The molecule has 0 unspecified atom stereocenters. The van der Waals surface area contributed by atoms with Crippen LogP contribution >= 0.6 is 0 Å². The molecule has 22 heavy (non-hydrogen) atoms. The number of aliphatic hydroxyl groups excluding tert-OH is 2. The molecule has 0 heterocycles. The summed E-state index contributed by atoms with van der Waals surface area (Å²) in [4.78, 5) is 0. The van der Waals surface area contributed by atoms with Crippen LogP contribution in [0.25, 0.3) is 0 Å². The van der Waals surface area contributed by atoms with E-state index in [1.807, 2.05) is 6.92 Å². The molecule has 2 nitrogen and oxygen atoms in total. The summed E-state index contributed by atoms with van der Waals surface area (Å²) < 4.78 is 0. The highest BCUT2D eigenvalue weighted by molar-refractivity contribution is 5.18. The summed E-state index contributed by atoms with van der Waals surface area (Å²) in [6, 6.07) is 0. The summed E-state index contributed by atoms with van der Waals surface area (Å²) in [5.41, 5.74) is 3.63. The Morgan fingerprint density at radius 1 is 1.05 bits per heavy atom. The van der Waals surface area contributed by atoms with Crippen LogP contribution in [0.1, 0.15) is 59.8 Å². The third-order valence-electron chi connectivity index (χ3n) is 5.96. The third kappa shape index (κ3) is 3.91. The lowest BCUT2D eigenvalue weighted by Gasteiger charge is -2.16. The summed E-state index contributed by atoms with van der Waals surface area (Å²) in [6.07, 6.45) is 7.77. The number of aliphatic hydroxyl groups is 2. The maximum atomic E-state index is 10.3. The standard InChI is InChI=1S/C20H32O2/c1-13-6-10-18(21)14(2)8-9-16-17(20(16,4)5)12-15(3)19(22)11-7-13/h6,8,16-19,21-22H,3,7,9-12H2,1-2,4-5H3/b13-6+,14-8+/t16-,17+,18+,19-/m1/s1. The molecule has 0 aliphatic heterocycles. The van der Waals surface area contributed by atoms with Crippen LogP contribution in [0.3, 0.4) is 0 Å². The molecule has 2 aliphatic rings. The molecule has 2 N–H and O–H groups in total. The van der Waals surface area contributed by atoms with Crippen molar-refractivity contribution in [1.29, 1.82) is 0 Å². The first-order valence-corrected chi connectivity index (χ1v) is 8.59. The Balaban J connectivity index is 2.15. The SMILES string of the molecule is C=C1C[C@H]2[C@@H](C/C=C(\C)[C@@H](O)C/C=C(\C)CC[C@H]1O)C2(C)C. The van der Waals surface area contributed by atoms with Gasteiger partial charge in [-0.1, -0.05) is 38.2 Å². The Morgan fingerprint density at radius 2 is 1.73 bits per heavy atom. The fraction of sp³-hybridized carbons (Fsp3) is 0.700. The van der Waals surface area contributed by atoms with Gasteiger partial charge in [-0.15, -0.1) is 0 Å². The summed E-state index contributed by atoms with van der Waals surface area (Å²) in [6.45, 7) is 12.9. The number of hydrogen-bond acceptors (Lipinski definition) is 2. The molecule has 0 amide bonds. The fourth-order valence-corrected chi connectivity index (χ4v) is 3.77. The van der Waals surface area contributed by atoms with Gasteiger partial charge in [0.2, 0.25) is 0 Å². The van der Waals surface area contributed by atoms with E-state index < -0.39 is 6.10 Å². The highest BCUT2D eigenvalue weighted by Crippen LogP contribution is 2.62. The first kappa shape index (κ1) is 17.5. The van der Waals surface area contributed by atoms with Crippen molar-refractivity contribution in [2.75, 3.05) is 0 Å². The number of allylic oxidation sites excluding steroid dienone is 2. The smallest absolute Gasteiger partial charge is 0.0781 e. The molecule has 0 aromatic heterocycles. The average molecular weight is 304 g/mol. The van der Waals surface area contributed by atoms with Crippen molar-refractivity contribution in [1.82, 2.24) is 0 Å². The van der Waals surface area contributed by atoms with Gasteiger partial charge < -0.3 is 10.2 Å². The highest BCUT2D eigenvalue weighted by Gasteiger charge is 2.56. The molecule has 2 heteroatoms. The van der Waals surface area contributed by atoms with Crippen molar-refractivity contribution in [3.8, 4) is 0 Å². The van der Waals surface area contributed by atoms with Gasteiger partial charge in [0.25, 0.3) is 0 Å². The van der Waals surface area contributed by atoms with Gasteiger partial charge in [0.15, 0.2) is 0 Å². The second-order valence-electron chi connectivity index (χ2n) is 7.94. The molecule has 4 atom stereocenters. The van der Waals surface area contributed by atoms with Crippen molar-refractivity contribution in [3.05, 3.63) is 35.5 Å². The Morgan fingerprint density at radius 3 is 2.41 bits per heavy atom. The molecule has 0 aromatic carbocycles. The van der Waals surface area contributed by atoms with Crippen LogP contribution in [0.15, 0.2) is 35.5 Å². The minimum Gasteiger partial charge on any atom is -0.389 e. The van der Waals surface area contributed by atoms with Crippen molar-refractivity contribution < 1.29 is 10.2 Å². The van der Waals surface area contributed by atoms with Gasteiger partial charge in [-0.25, -0.2) is 0 Å². The summed E-state index contributed by atoms with van der Waals surface area (Å²) in [5.74, 6) is 1.24. The molecule has 0 aromatic rings. The van der Waals surface area contributed by atoms with E-state index in [2.05, 4.69) is 39.5 Å². The highest BCUT2D eigenvalue weighted by atomic mass is 16.3. The molecule has 0 radical (unpaired) electrons. The fourth-order valence-electron chi connectivity index (χ4n) is 3.77. The molecule has 2 aliphatic carbocycles. The van der Waals surface area contributed by atoms with Gasteiger partial charge in [0.05, 0.1) is 12.2 Å². The molecule has 0 bridgehead atoms. The number of rotatable bonds is 0. The third-order valence-corrected chi connectivity index (χ3v) is 5.96. The van der Waals surface area contributed by atoms with Gasteiger partial charge in [-0.3, -0.25) is 0 Å². The summed E-state index contributed by atoms with van der Waals surface area (Å²) in [5, 5.41) is 20.6. The van der Waals surface area contributed by atoms with Gasteiger partial charge in [-0.2, -0.15) is 0 Å². The Hall–Kier alpha value is -0.860. The number of fused-ring (bicyclic) bond motifs is 1. The average Bonchev–Trinajstić information content (AvgIpc) is 2.98. The monoisotopic (exact) mass is 304 g/mol. The largest absolute Gasteiger partial charge is 0.389 e. The van der Waals surface area contributed by atoms with Crippen LogP contribution in [0.2, 0.25) is 0 Å². The molecule has 1 saturated carbocycles. The van der Waals surface area contributed by atoms with E-state index in [0.29, 0.717) is 23.7 Å². The zero-order chi connectivity index (χ0) is 16.5. The van der Waals surface area contributed by atoms with E-state index in [1.54, 1.807) is 0 Å². The van der Waals surface area contributed by atoms with Gasteiger partial charge >= 0.3 is 0 Å². The van der Waals surface area contributed by atoms with Gasteiger partial charge in [0.1, 0.15) is 0 Å². The lowest BCUT2D eigenvalue weighted by Crippen LogP contribution is -2.11. The predicted molar refractivity (Wildman–Crippen MR) is 92.5 cm³/mol. The van der Waals surface area contributed by atoms with E-state index >= 15 is 0 Å². The van der Waals surface area contributed by atoms with Crippen molar-refractivity contribution in [2.24, 2.45) is 17.3 Å². The van der Waals surface area contributed by atoms with E-state index in [0.717, 1.165) is 36.8 Å². The topological polar surface area (TPSA) is 40.5 Å². The zero-order valence-electron chi connectivity index (χ0n) is 14.6. The summed E-state index contributed by atoms with van der Waals surface area (Å²) >= 11 is 0. The minimum atomic E-state index is -0.398. The molecular formula is C20H32O2. The Kier molecular flexibility index (Phi) is 5.34. The quantitative estimate of drug-likeness (QED) is 0.651. The van der Waals surface area contributed by atoms with Gasteiger partial charge in [0, 0.05) is 0 Å². The van der Waals surface area contributed by atoms with Crippen LogP contribution in [0.5, 0.6) is 0 Å². The minimum absolute atomic E-state index is 0.318.